The van der Waals surface area contributed by atoms with Crippen molar-refractivity contribution >= 4 is 29.2 Å². The first-order chi connectivity index (χ1) is 28.8. The SMILES string of the molecule is O=C1OC2(c3cc(Cl)c(O)c(CN(CC4C=CC=CN4)CC4CCCCN4)c3Oc3c2cc(Cl)c(O)c3CN(CC2CCCCN2)CC2CCCCN2)C2CCCCC12. The number of esters is 1. The molecule has 9 rings (SSSR count). The molecule has 0 bridgehead atoms. The van der Waals surface area contributed by atoms with E-state index in [0.717, 1.165) is 90.6 Å². The van der Waals surface area contributed by atoms with Crippen LogP contribution in [-0.2, 0) is 28.2 Å². The number of piperidine rings is 3. The molecule has 0 aromatic heterocycles. The number of nitrogens with zero attached hydrogens (tertiary/aromatic N) is 2. The second kappa shape index (κ2) is 18.1. The number of rotatable bonds is 12. The largest absolute Gasteiger partial charge is 0.506 e. The van der Waals surface area contributed by atoms with Gasteiger partial charge in [0.15, 0.2) is 5.60 Å². The number of dihydropyridines is 1. The molecule has 2 aromatic rings. The fourth-order valence-electron chi connectivity index (χ4n) is 11.3. The first-order valence-electron chi connectivity index (χ1n) is 22.5. The zero-order chi connectivity index (χ0) is 40.5. The predicted octanol–water partition coefficient (Wildman–Crippen LogP) is 7.19. The molecular formula is C46H62Cl2N6O5. The topological polar surface area (TPSA) is 131 Å². The highest BCUT2D eigenvalue weighted by Gasteiger charge is 2.62. The molecule has 7 unspecified atom stereocenters. The van der Waals surface area contributed by atoms with Crippen LogP contribution in [0.15, 0.2) is 36.6 Å². The summed E-state index contributed by atoms with van der Waals surface area (Å²) in [7, 11) is 0. The Hall–Kier alpha value is -3.03. The second-order valence-electron chi connectivity index (χ2n) is 18.2. The summed E-state index contributed by atoms with van der Waals surface area (Å²) >= 11 is 14.1. The summed E-state index contributed by atoms with van der Waals surface area (Å²) in [6, 6.07) is 4.54. The minimum absolute atomic E-state index is 0.0281. The van der Waals surface area contributed by atoms with Gasteiger partial charge in [0.25, 0.3) is 0 Å². The number of fused-ring (bicyclic) bond motifs is 6. The van der Waals surface area contributed by atoms with Gasteiger partial charge in [0.1, 0.15) is 23.0 Å². The molecule has 0 radical (unpaired) electrons. The molecule has 59 heavy (non-hydrogen) atoms. The van der Waals surface area contributed by atoms with E-state index in [-0.39, 0.29) is 45.4 Å². The number of carbonyl (C=O) groups excluding carboxylic acids is 1. The molecule has 1 aliphatic carbocycles. The lowest BCUT2D eigenvalue weighted by Gasteiger charge is -2.43. The number of phenolic OH excluding ortho intramolecular Hbond substituents is 2. The second-order valence-corrected chi connectivity index (χ2v) is 19.0. The van der Waals surface area contributed by atoms with Gasteiger partial charge in [-0.2, -0.15) is 0 Å². The van der Waals surface area contributed by atoms with E-state index in [4.69, 9.17) is 32.7 Å². The van der Waals surface area contributed by atoms with Crippen molar-refractivity contribution in [3.8, 4) is 23.0 Å². The zero-order valence-corrected chi connectivity index (χ0v) is 35.8. The molecule has 13 heteroatoms. The monoisotopic (exact) mass is 848 g/mol. The Morgan fingerprint density at radius 2 is 1.19 bits per heavy atom. The summed E-state index contributed by atoms with van der Waals surface area (Å²) in [6.45, 7) is 6.78. The van der Waals surface area contributed by atoms with Crippen LogP contribution in [0.2, 0.25) is 10.0 Å². The average molecular weight is 850 g/mol. The molecule has 1 spiro atoms. The summed E-state index contributed by atoms with van der Waals surface area (Å²) in [5.41, 5.74) is 1.15. The molecule has 11 nitrogen and oxygen atoms in total. The number of hydrogen-bond acceptors (Lipinski definition) is 11. The van der Waals surface area contributed by atoms with Crippen LogP contribution in [0.25, 0.3) is 0 Å². The molecule has 6 N–H and O–H groups in total. The number of carbonyl (C=O) groups is 1. The maximum absolute atomic E-state index is 14.1. The van der Waals surface area contributed by atoms with Gasteiger partial charge in [-0.3, -0.25) is 14.6 Å². The minimum Gasteiger partial charge on any atom is -0.506 e. The van der Waals surface area contributed by atoms with Crippen LogP contribution in [0.1, 0.15) is 106 Å². The maximum Gasteiger partial charge on any atom is 0.310 e. The minimum atomic E-state index is -1.27. The third-order valence-electron chi connectivity index (χ3n) is 14.2. The highest BCUT2D eigenvalue weighted by atomic mass is 35.5. The van der Waals surface area contributed by atoms with Crippen LogP contribution >= 0.6 is 23.2 Å². The number of allylic oxidation sites excluding steroid dienone is 2. The van der Waals surface area contributed by atoms with E-state index in [9.17, 15) is 15.0 Å². The van der Waals surface area contributed by atoms with Gasteiger partial charge in [0.05, 0.1) is 33.1 Å². The third-order valence-corrected chi connectivity index (χ3v) is 14.8. The lowest BCUT2D eigenvalue weighted by atomic mass is 9.65. The molecule has 4 saturated heterocycles. The van der Waals surface area contributed by atoms with Crippen molar-refractivity contribution in [3.63, 3.8) is 0 Å². The van der Waals surface area contributed by atoms with E-state index < -0.39 is 5.60 Å². The van der Waals surface area contributed by atoms with Crippen molar-refractivity contribution in [2.24, 2.45) is 11.8 Å². The fourth-order valence-corrected chi connectivity index (χ4v) is 11.7. The molecule has 0 amide bonds. The highest BCUT2D eigenvalue weighted by Crippen LogP contribution is 2.64. The Labute approximate surface area is 359 Å². The number of ether oxygens (including phenoxy) is 2. The summed E-state index contributed by atoms with van der Waals surface area (Å²) < 4.78 is 14.0. The lowest BCUT2D eigenvalue weighted by Crippen LogP contribution is -2.49. The number of hydrogen-bond donors (Lipinski definition) is 6. The number of benzene rings is 2. The molecule has 6 heterocycles. The lowest BCUT2D eigenvalue weighted by molar-refractivity contribution is -0.149. The van der Waals surface area contributed by atoms with Crippen LogP contribution < -0.4 is 26.0 Å². The standard InChI is InChI=1S/C46H62Cl2N6O5/c47-39-21-37-43(34(41(39)55)27-53(23-29-11-3-7-17-49-29)24-30-12-4-8-18-50-30)58-44-35(28-54(25-31-13-5-9-19-51-31)26-32-14-6-10-20-52-32)42(56)40(48)22-38(44)46(37)36-16-2-1-15-33(36)45(57)59-46/h3,7,11,17,21-22,29-33,36,49-52,55-56H,1-2,4-6,8-10,12-16,18-20,23-28H2. The van der Waals surface area contributed by atoms with Gasteiger partial charge in [-0.1, -0.05) is 67.5 Å². The Morgan fingerprint density at radius 1 is 0.678 bits per heavy atom. The summed E-state index contributed by atoms with van der Waals surface area (Å²) in [5, 5.41) is 39.2. The van der Waals surface area contributed by atoms with Gasteiger partial charge in [-0.25, -0.2) is 0 Å². The normalized spacial score (nSPS) is 30.1. The molecule has 320 valence electrons. The van der Waals surface area contributed by atoms with E-state index in [1.54, 1.807) is 12.1 Å². The zero-order valence-electron chi connectivity index (χ0n) is 34.3. The summed E-state index contributed by atoms with van der Waals surface area (Å²) in [5.74, 6) is 0.104. The van der Waals surface area contributed by atoms with Crippen molar-refractivity contribution in [1.82, 2.24) is 31.1 Å². The van der Waals surface area contributed by atoms with Gasteiger partial charge in [-0.15, -0.1) is 0 Å². The van der Waals surface area contributed by atoms with E-state index in [0.29, 0.717) is 71.5 Å². The highest BCUT2D eigenvalue weighted by molar-refractivity contribution is 6.32. The summed E-state index contributed by atoms with van der Waals surface area (Å²) in [4.78, 5) is 18.9. The number of nitrogens with one attached hydrogen (secondary N) is 4. The Kier molecular flexibility index (Phi) is 12.7. The van der Waals surface area contributed by atoms with Crippen molar-refractivity contribution in [1.29, 1.82) is 0 Å². The van der Waals surface area contributed by atoms with Crippen molar-refractivity contribution in [2.45, 2.75) is 126 Å². The van der Waals surface area contributed by atoms with Crippen LogP contribution in [0.3, 0.4) is 0 Å². The van der Waals surface area contributed by atoms with E-state index >= 15 is 0 Å². The van der Waals surface area contributed by atoms with Crippen molar-refractivity contribution < 1.29 is 24.5 Å². The quantitative estimate of drug-likeness (QED) is 0.122. The maximum atomic E-state index is 14.1. The van der Waals surface area contributed by atoms with E-state index in [1.807, 2.05) is 12.3 Å². The van der Waals surface area contributed by atoms with Gasteiger partial charge in [0.2, 0.25) is 0 Å². The van der Waals surface area contributed by atoms with Crippen LogP contribution in [0.5, 0.6) is 23.0 Å². The van der Waals surface area contributed by atoms with Crippen molar-refractivity contribution in [2.75, 3.05) is 45.8 Å². The molecule has 2 aromatic carbocycles. The van der Waals surface area contributed by atoms with E-state index in [2.05, 4.69) is 43.2 Å². The molecule has 7 aliphatic rings. The number of aromatic hydroxyl groups is 2. The molecule has 1 saturated carbocycles. The first kappa shape index (κ1) is 41.3. The molecule has 7 atom stereocenters. The molecular weight excluding hydrogens is 787 g/mol. The summed E-state index contributed by atoms with van der Waals surface area (Å²) in [6.07, 6.45) is 21.9. The van der Waals surface area contributed by atoms with Gasteiger partial charge in [-0.05, 0) is 95.4 Å². The van der Waals surface area contributed by atoms with Crippen LogP contribution in [0.4, 0.5) is 0 Å². The van der Waals surface area contributed by atoms with Crippen LogP contribution in [-0.4, -0.2) is 96.0 Å². The first-order valence-corrected chi connectivity index (χ1v) is 23.3. The van der Waals surface area contributed by atoms with Crippen LogP contribution in [0, 0.1) is 11.8 Å². The molecule has 5 fully saturated rings. The van der Waals surface area contributed by atoms with Gasteiger partial charge >= 0.3 is 5.97 Å². The predicted molar refractivity (Wildman–Crippen MR) is 231 cm³/mol. The van der Waals surface area contributed by atoms with Crippen molar-refractivity contribution in [3.05, 3.63) is 68.9 Å². The number of phenols is 2. The third kappa shape index (κ3) is 8.47. The smallest absolute Gasteiger partial charge is 0.310 e. The van der Waals surface area contributed by atoms with Gasteiger partial charge < -0.3 is 41.0 Å². The molecule has 6 aliphatic heterocycles. The average Bonchev–Trinajstić information content (AvgIpc) is 3.55. The number of halogens is 2. The van der Waals surface area contributed by atoms with Gasteiger partial charge in [0, 0.05) is 74.4 Å². The Balaban J connectivity index is 1.16. The van der Waals surface area contributed by atoms with E-state index in [1.165, 1.54) is 32.1 Å². The fraction of sp³-hybridized carbons (Fsp3) is 0.630. The Bertz CT molecular complexity index is 1890. The Morgan fingerprint density at radius 3 is 1.68 bits per heavy atom.